The molecule has 0 atom stereocenters. The number of allylic oxidation sites excluding steroid dienone is 1. The van der Waals surface area contributed by atoms with Crippen LogP contribution in [0.5, 0.6) is 0 Å². The summed E-state index contributed by atoms with van der Waals surface area (Å²) < 4.78 is 30.2. The first-order valence-electron chi connectivity index (χ1n) is 10.9. The molecule has 4 aromatic heterocycles. The van der Waals surface area contributed by atoms with Gasteiger partial charge in [0.15, 0.2) is 0 Å². The van der Waals surface area contributed by atoms with E-state index in [0.717, 1.165) is 27.2 Å². The fraction of sp³-hybridized carbons (Fsp3) is 0.318. The van der Waals surface area contributed by atoms with Crippen LogP contribution in [0.1, 0.15) is 20.3 Å². The van der Waals surface area contributed by atoms with Gasteiger partial charge in [0.05, 0.1) is 58.4 Å². The molecule has 0 saturated carbocycles. The van der Waals surface area contributed by atoms with E-state index in [-0.39, 0.29) is 25.3 Å². The zero-order chi connectivity index (χ0) is 24.8. The molecule has 1 fully saturated rings. The van der Waals surface area contributed by atoms with E-state index in [1.54, 1.807) is 34.9 Å². The minimum absolute atomic E-state index is 0.0261. The second-order valence-corrected chi connectivity index (χ2v) is 11.6. The van der Waals surface area contributed by atoms with Gasteiger partial charge in [0.2, 0.25) is 16.0 Å². The third-order valence-corrected chi connectivity index (χ3v) is 8.67. The lowest BCUT2D eigenvalue weighted by Gasteiger charge is -2.47. The van der Waals surface area contributed by atoms with Crippen molar-refractivity contribution in [1.82, 2.24) is 33.8 Å². The van der Waals surface area contributed by atoms with Gasteiger partial charge in [0.1, 0.15) is 5.54 Å². The SMILES string of the molecule is C=C(C)n1cc(Nc2nc(-c3cnn(C4(CC#N)CN(S(=O)(=O)CC)C4)c3)c3sccc3n2)cn1. The lowest BCUT2D eigenvalue weighted by Crippen LogP contribution is -2.64. The number of nitrogens with one attached hydrogen (secondary N) is 1. The quantitative estimate of drug-likeness (QED) is 0.382. The summed E-state index contributed by atoms with van der Waals surface area (Å²) in [5.74, 6) is 0.439. The van der Waals surface area contributed by atoms with Gasteiger partial charge in [-0.25, -0.2) is 23.1 Å². The summed E-state index contributed by atoms with van der Waals surface area (Å²) >= 11 is 1.53. The van der Waals surface area contributed by atoms with Crippen LogP contribution >= 0.6 is 11.3 Å². The Morgan fingerprint density at radius 1 is 1.29 bits per heavy atom. The van der Waals surface area contributed by atoms with E-state index in [4.69, 9.17) is 4.98 Å². The van der Waals surface area contributed by atoms with Crippen molar-refractivity contribution < 1.29 is 8.42 Å². The lowest BCUT2D eigenvalue weighted by molar-refractivity contribution is 0.0719. The molecule has 11 nitrogen and oxygen atoms in total. The maximum absolute atomic E-state index is 12.3. The fourth-order valence-corrected chi connectivity index (χ4v) is 6.10. The Hall–Kier alpha value is -3.60. The summed E-state index contributed by atoms with van der Waals surface area (Å²) in [7, 11) is -3.32. The summed E-state index contributed by atoms with van der Waals surface area (Å²) in [6.45, 7) is 7.79. The topological polar surface area (TPSA) is 135 Å². The zero-order valence-corrected chi connectivity index (χ0v) is 20.8. The van der Waals surface area contributed by atoms with Crippen LogP contribution in [-0.2, 0) is 15.6 Å². The van der Waals surface area contributed by atoms with E-state index in [1.165, 1.54) is 15.6 Å². The molecule has 1 saturated heterocycles. The molecule has 180 valence electrons. The molecule has 5 rings (SSSR count). The van der Waals surface area contributed by atoms with Crippen molar-refractivity contribution in [3.05, 3.63) is 42.8 Å². The summed E-state index contributed by atoms with van der Waals surface area (Å²) in [5, 5.41) is 23.3. The van der Waals surface area contributed by atoms with Gasteiger partial charge in [-0.15, -0.1) is 11.3 Å². The molecule has 4 aromatic rings. The van der Waals surface area contributed by atoms with Crippen LogP contribution in [0.2, 0.25) is 0 Å². The maximum Gasteiger partial charge on any atom is 0.228 e. The minimum atomic E-state index is -3.32. The summed E-state index contributed by atoms with van der Waals surface area (Å²) in [6.07, 6.45) is 7.16. The van der Waals surface area contributed by atoms with E-state index in [0.29, 0.717) is 11.6 Å². The Balaban J connectivity index is 1.48. The zero-order valence-electron chi connectivity index (χ0n) is 19.2. The molecule has 0 amide bonds. The second-order valence-electron chi connectivity index (χ2n) is 8.47. The van der Waals surface area contributed by atoms with Gasteiger partial charge < -0.3 is 5.32 Å². The molecule has 0 bridgehead atoms. The van der Waals surface area contributed by atoms with Crippen LogP contribution in [0.4, 0.5) is 11.6 Å². The highest BCUT2D eigenvalue weighted by Crippen LogP contribution is 2.37. The van der Waals surface area contributed by atoms with Crippen molar-refractivity contribution in [3.63, 3.8) is 0 Å². The number of anilines is 2. The predicted molar refractivity (Wildman–Crippen MR) is 134 cm³/mol. The highest BCUT2D eigenvalue weighted by atomic mass is 32.2. The van der Waals surface area contributed by atoms with E-state index < -0.39 is 15.6 Å². The normalized spacial score (nSPS) is 15.6. The predicted octanol–water partition coefficient (Wildman–Crippen LogP) is 3.26. The Morgan fingerprint density at radius 3 is 2.77 bits per heavy atom. The molecular formula is C22H23N9O2S2. The number of hydrogen-bond acceptors (Lipinski definition) is 9. The first-order chi connectivity index (χ1) is 16.7. The highest BCUT2D eigenvalue weighted by Gasteiger charge is 2.49. The molecule has 0 spiro atoms. The molecule has 1 aliphatic heterocycles. The number of sulfonamides is 1. The largest absolute Gasteiger partial charge is 0.321 e. The molecule has 5 heterocycles. The number of rotatable bonds is 8. The van der Waals surface area contributed by atoms with Crippen molar-refractivity contribution in [2.24, 2.45) is 0 Å². The van der Waals surface area contributed by atoms with Gasteiger partial charge in [-0.2, -0.15) is 19.8 Å². The molecule has 0 aromatic carbocycles. The standard InChI is InChI=1S/C22H23N9O2S2/c1-4-35(32,33)29-13-22(14-29,6-7-23)31-11-16(9-25-31)19-20-18(5-8-34-20)27-21(28-19)26-17-10-24-30(12-17)15(2)3/h5,8-12H,2,4,6,13-14H2,1,3H3,(H,26,27,28). The van der Waals surface area contributed by atoms with Crippen molar-refractivity contribution in [2.45, 2.75) is 25.8 Å². The number of hydrogen-bond donors (Lipinski definition) is 1. The van der Waals surface area contributed by atoms with Crippen molar-refractivity contribution in [2.75, 3.05) is 24.2 Å². The Kier molecular flexibility index (Phi) is 5.66. The Labute approximate surface area is 206 Å². The Bertz CT molecular complexity index is 1570. The fourth-order valence-electron chi connectivity index (χ4n) is 4.02. The van der Waals surface area contributed by atoms with Crippen LogP contribution in [0.25, 0.3) is 27.2 Å². The number of fused-ring (bicyclic) bond motifs is 1. The Morgan fingerprint density at radius 2 is 2.09 bits per heavy atom. The van der Waals surface area contributed by atoms with Crippen molar-refractivity contribution >= 4 is 48.9 Å². The maximum atomic E-state index is 12.3. The van der Waals surface area contributed by atoms with Crippen LogP contribution in [0, 0.1) is 11.3 Å². The summed E-state index contributed by atoms with van der Waals surface area (Å²) in [4.78, 5) is 9.36. The third-order valence-electron chi connectivity index (χ3n) is 5.98. The van der Waals surface area contributed by atoms with E-state index in [1.807, 2.05) is 24.6 Å². The molecular weight excluding hydrogens is 486 g/mol. The number of nitriles is 1. The van der Waals surface area contributed by atoms with Crippen LogP contribution in [-0.4, -0.2) is 61.1 Å². The van der Waals surface area contributed by atoms with E-state index >= 15 is 0 Å². The number of thiophene rings is 1. The molecule has 35 heavy (non-hydrogen) atoms. The number of aromatic nitrogens is 6. The molecule has 0 aliphatic carbocycles. The van der Waals surface area contributed by atoms with Gasteiger partial charge in [-0.1, -0.05) is 6.58 Å². The summed E-state index contributed by atoms with van der Waals surface area (Å²) in [5.41, 5.74) is 3.06. The highest BCUT2D eigenvalue weighted by molar-refractivity contribution is 7.89. The molecule has 0 unspecified atom stereocenters. The average molecular weight is 510 g/mol. The molecule has 1 aliphatic rings. The first kappa shape index (κ1) is 23.2. The van der Waals surface area contributed by atoms with Gasteiger partial charge in [-0.3, -0.25) is 4.68 Å². The van der Waals surface area contributed by atoms with Crippen molar-refractivity contribution in [3.8, 4) is 17.3 Å². The third kappa shape index (κ3) is 4.09. The van der Waals surface area contributed by atoms with Crippen LogP contribution in [0.15, 0.2) is 42.8 Å². The summed E-state index contributed by atoms with van der Waals surface area (Å²) in [6, 6.07) is 4.12. The van der Waals surface area contributed by atoms with Crippen LogP contribution < -0.4 is 5.32 Å². The lowest BCUT2D eigenvalue weighted by atomic mass is 9.89. The average Bonchev–Trinajstić information content (AvgIpc) is 3.56. The number of nitrogens with zero attached hydrogens (tertiary/aromatic N) is 8. The molecule has 1 N–H and O–H groups in total. The monoisotopic (exact) mass is 509 g/mol. The van der Waals surface area contributed by atoms with E-state index in [2.05, 4.69) is 33.1 Å². The van der Waals surface area contributed by atoms with Gasteiger partial charge in [0, 0.05) is 30.5 Å². The van der Waals surface area contributed by atoms with Gasteiger partial charge >= 0.3 is 0 Å². The minimum Gasteiger partial charge on any atom is -0.321 e. The molecule has 13 heteroatoms. The van der Waals surface area contributed by atoms with Crippen LogP contribution in [0.3, 0.4) is 0 Å². The van der Waals surface area contributed by atoms with Gasteiger partial charge in [0.25, 0.3) is 0 Å². The van der Waals surface area contributed by atoms with Gasteiger partial charge in [-0.05, 0) is 25.3 Å². The second kappa shape index (κ2) is 8.56. The molecule has 0 radical (unpaired) electrons. The van der Waals surface area contributed by atoms with Crippen molar-refractivity contribution in [1.29, 1.82) is 5.26 Å². The smallest absolute Gasteiger partial charge is 0.228 e. The van der Waals surface area contributed by atoms with E-state index in [9.17, 15) is 13.7 Å². The first-order valence-corrected chi connectivity index (χ1v) is 13.4.